The summed E-state index contributed by atoms with van der Waals surface area (Å²) in [5.41, 5.74) is 5.64. The summed E-state index contributed by atoms with van der Waals surface area (Å²) in [5, 5.41) is 1.78. The lowest BCUT2D eigenvalue weighted by atomic mass is 10.2. The highest BCUT2D eigenvalue weighted by Gasteiger charge is 2.38. The molecule has 1 unspecified atom stereocenters. The lowest BCUT2D eigenvalue weighted by Gasteiger charge is -2.28. The van der Waals surface area contributed by atoms with E-state index in [1.165, 1.54) is 11.3 Å². The summed E-state index contributed by atoms with van der Waals surface area (Å²) in [7, 11) is -1.91. The Balaban J connectivity index is 2.30. The third kappa shape index (κ3) is 3.23. The highest BCUT2D eigenvalue weighted by molar-refractivity contribution is 7.89. The van der Waals surface area contributed by atoms with Crippen LogP contribution in [0.5, 0.6) is 0 Å². The Morgan fingerprint density at radius 3 is 2.80 bits per heavy atom. The van der Waals surface area contributed by atoms with Crippen molar-refractivity contribution in [2.75, 3.05) is 20.3 Å². The van der Waals surface area contributed by atoms with Crippen LogP contribution in [0, 0.1) is 5.92 Å². The largest absolute Gasteiger partial charge is 0.383 e. The molecule has 114 valence electrons. The number of rotatable bonds is 8. The Morgan fingerprint density at radius 2 is 2.25 bits per heavy atom. The first-order chi connectivity index (χ1) is 9.52. The molecule has 1 heterocycles. The van der Waals surface area contributed by atoms with Gasteiger partial charge in [0.2, 0.25) is 10.0 Å². The van der Waals surface area contributed by atoms with Gasteiger partial charge in [-0.25, -0.2) is 8.42 Å². The van der Waals surface area contributed by atoms with Gasteiger partial charge in [-0.15, -0.1) is 11.3 Å². The van der Waals surface area contributed by atoms with Crippen LogP contribution < -0.4 is 5.73 Å². The van der Waals surface area contributed by atoms with Gasteiger partial charge in [0, 0.05) is 31.1 Å². The zero-order chi connectivity index (χ0) is 14.8. The summed E-state index contributed by atoms with van der Waals surface area (Å²) in [6, 6.07) is 1.67. The summed E-state index contributed by atoms with van der Waals surface area (Å²) in [6.45, 7) is 3.02. The van der Waals surface area contributed by atoms with Crippen molar-refractivity contribution < 1.29 is 13.2 Å². The standard InChI is InChI=1S/C13H22N2O3S2/c1-10(11-3-4-11)15(6-7-18-2)20(16,17)13-5-8-19-12(13)9-14/h5,8,10-11H,3-4,6-7,9,14H2,1-2H3. The minimum absolute atomic E-state index is 0.0145. The molecule has 1 aromatic rings. The van der Waals surface area contributed by atoms with E-state index in [-0.39, 0.29) is 12.6 Å². The molecule has 0 aromatic carbocycles. The van der Waals surface area contributed by atoms with Crippen LogP contribution in [0.4, 0.5) is 0 Å². The van der Waals surface area contributed by atoms with Gasteiger partial charge in [-0.1, -0.05) is 0 Å². The van der Waals surface area contributed by atoms with Crippen LogP contribution in [-0.4, -0.2) is 39.0 Å². The van der Waals surface area contributed by atoms with E-state index in [1.807, 2.05) is 6.92 Å². The van der Waals surface area contributed by atoms with E-state index in [4.69, 9.17) is 10.5 Å². The Bertz CT molecular complexity index is 538. The maximum atomic E-state index is 12.9. The van der Waals surface area contributed by atoms with Gasteiger partial charge in [-0.05, 0) is 37.1 Å². The Morgan fingerprint density at radius 1 is 1.55 bits per heavy atom. The molecule has 5 nitrogen and oxygen atoms in total. The van der Waals surface area contributed by atoms with Gasteiger partial charge in [0.05, 0.1) is 11.5 Å². The van der Waals surface area contributed by atoms with Gasteiger partial charge in [0.15, 0.2) is 0 Å². The van der Waals surface area contributed by atoms with Crippen molar-refractivity contribution in [1.29, 1.82) is 0 Å². The highest BCUT2D eigenvalue weighted by atomic mass is 32.2. The summed E-state index contributed by atoms with van der Waals surface area (Å²) >= 11 is 1.39. The number of thiophene rings is 1. The molecule has 1 atom stereocenters. The lowest BCUT2D eigenvalue weighted by Crippen LogP contribution is -2.42. The molecule has 20 heavy (non-hydrogen) atoms. The number of hydrogen-bond donors (Lipinski definition) is 1. The average Bonchev–Trinajstić information content (AvgIpc) is 3.15. The molecule has 0 saturated heterocycles. The molecule has 1 fully saturated rings. The van der Waals surface area contributed by atoms with Crippen LogP contribution in [0.25, 0.3) is 0 Å². The molecule has 1 aliphatic carbocycles. The third-order valence-electron chi connectivity index (χ3n) is 3.75. The van der Waals surface area contributed by atoms with Gasteiger partial charge in [0.1, 0.15) is 0 Å². The van der Waals surface area contributed by atoms with Crippen LogP contribution in [0.1, 0.15) is 24.6 Å². The molecule has 7 heteroatoms. The lowest BCUT2D eigenvalue weighted by molar-refractivity contribution is 0.164. The SMILES string of the molecule is COCCN(C(C)C1CC1)S(=O)(=O)c1ccsc1CN. The highest BCUT2D eigenvalue weighted by Crippen LogP contribution is 2.37. The smallest absolute Gasteiger partial charge is 0.244 e. The van der Waals surface area contributed by atoms with E-state index in [1.54, 1.807) is 22.9 Å². The van der Waals surface area contributed by atoms with E-state index >= 15 is 0 Å². The normalized spacial score (nSPS) is 17.6. The molecule has 1 aliphatic rings. The molecule has 1 saturated carbocycles. The number of methoxy groups -OCH3 is 1. The molecular formula is C13H22N2O3S2. The van der Waals surface area contributed by atoms with E-state index in [0.29, 0.717) is 24.0 Å². The third-order valence-corrected chi connectivity index (χ3v) is 6.89. The summed E-state index contributed by atoms with van der Waals surface area (Å²) in [6.07, 6.45) is 2.21. The number of nitrogens with two attached hydrogens (primary N) is 1. The monoisotopic (exact) mass is 318 g/mol. The Kier molecular flexibility index (Phi) is 5.19. The van der Waals surface area contributed by atoms with Gasteiger partial charge in [-0.3, -0.25) is 0 Å². The second kappa shape index (κ2) is 6.53. The fourth-order valence-corrected chi connectivity index (χ4v) is 5.36. The molecule has 2 rings (SSSR count). The Hall–Kier alpha value is -0.470. The maximum absolute atomic E-state index is 12.9. The average molecular weight is 318 g/mol. The summed E-state index contributed by atoms with van der Waals surface area (Å²) in [4.78, 5) is 1.07. The van der Waals surface area contributed by atoms with Crippen LogP contribution in [0.15, 0.2) is 16.3 Å². The first-order valence-corrected chi connectivity index (χ1v) is 9.11. The molecule has 0 bridgehead atoms. The Labute approximate surface area is 124 Å². The maximum Gasteiger partial charge on any atom is 0.244 e. The molecule has 0 amide bonds. The molecule has 0 spiro atoms. The topological polar surface area (TPSA) is 72.6 Å². The molecule has 2 N–H and O–H groups in total. The summed E-state index contributed by atoms with van der Waals surface area (Å²) in [5.74, 6) is 0.474. The summed E-state index contributed by atoms with van der Waals surface area (Å²) < 4.78 is 32.4. The van der Waals surface area contributed by atoms with E-state index in [2.05, 4.69) is 0 Å². The van der Waals surface area contributed by atoms with Crippen molar-refractivity contribution in [2.45, 2.75) is 37.2 Å². The van der Waals surface area contributed by atoms with Gasteiger partial charge < -0.3 is 10.5 Å². The van der Waals surface area contributed by atoms with E-state index in [0.717, 1.165) is 17.7 Å². The second-order valence-electron chi connectivity index (χ2n) is 5.10. The van der Waals surface area contributed by atoms with Crippen LogP contribution in [0.2, 0.25) is 0 Å². The first kappa shape index (κ1) is 15.9. The van der Waals surface area contributed by atoms with Crippen molar-refractivity contribution in [2.24, 2.45) is 11.7 Å². The van der Waals surface area contributed by atoms with Crippen molar-refractivity contribution in [3.8, 4) is 0 Å². The predicted molar refractivity (Wildman–Crippen MR) is 80.2 cm³/mol. The fourth-order valence-electron chi connectivity index (χ4n) is 2.37. The van der Waals surface area contributed by atoms with Crippen molar-refractivity contribution in [3.05, 3.63) is 16.3 Å². The minimum Gasteiger partial charge on any atom is -0.383 e. The fraction of sp³-hybridized carbons (Fsp3) is 0.692. The second-order valence-corrected chi connectivity index (χ2v) is 7.96. The van der Waals surface area contributed by atoms with Crippen LogP contribution >= 0.6 is 11.3 Å². The van der Waals surface area contributed by atoms with Gasteiger partial charge in [-0.2, -0.15) is 4.31 Å². The quantitative estimate of drug-likeness (QED) is 0.791. The van der Waals surface area contributed by atoms with Crippen molar-refractivity contribution in [1.82, 2.24) is 4.31 Å². The number of nitrogens with zero attached hydrogens (tertiary/aromatic N) is 1. The number of sulfonamides is 1. The van der Waals surface area contributed by atoms with Gasteiger partial charge in [0.25, 0.3) is 0 Å². The van der Waals surface area contributed by atoms with E-state index < -0.39 is 10.0 Å². The predicted octanol–water partition coefficient (Wildman–Crippen LogP) is 1.64. The molecule has 1 aromatic heterocycles. The minimum atomic E-state index is -3.49. The van der Waals surface area contributed by atoms with Crippen molar-refractivity contribution >= 4 is 21.4 Å². The van der Waals surface area contributed by atoms with Crippen molar-refractivity contribution in [3.63, 3.8) is 0 Å². The molecular weight excluding hydrogens is 296 g/mol. The van der Waals surface area contributed by atoms with E-state index in [9.17, 15) is 8.42 Å². The van der Waals surface area contributed by atoms with Crippen LogP contribution in [-0.2, 0) is 21.3 Å². The molecule has 0 aliphatic heterocycles. The molecule has 0 radical (unpaired) electrons. The zero-order valence-electron chi connectivity index (χ0n) is 11.9. The zero-order valence-corrected chi connectivity index (χ0v) is 13.5. The first-order valence-electron chi connectivity index (χ1n) is 6.79. The number of hydrogen-bond acceptors (Lipinski definition) is 5. The van der Waals surface area contributed by atoms with Gasteiger partial charge >= 0.3 is 0 Å². The number of ether oxygens (including phenoxy) is 1. The van der Waals surface area contributed by atoms with Crippen LogP contribution in [0.3, 0.4) is 0 Å².